The smallest absolute Gasteiger partial charge is 0.319 e. The Balaban J connectivity index is 2.94. The molecule has 3 N–H and O–H groups in total. The number of hydrogen-bond acceptors (Lipinski definition) is 4. The summed E-state index contributed by atoms with van der Waals surface area (Å²) in [4.78, 5) is 26.8. The highest BCUT2D eigenvalue weighted by Gasteiger charge is 2.40. The minimum absolute atomic E-state index is 0.0865. The summed E-state index contributed by atoms with van der Waals surface area (Å²) in [5, 5.41) is 9.79. The lowest BCUT2D eigenvalue weighted by atomic mass is 9.86. The van der Waals surface area contributed by atoms with Crippen LogP contribution in [-0.2, 0) is 16.0 Å². The third-order valence-corrected chi connectivity index (χ3v) is 3.13. The van der Waals surface area contributed by atoms with Gasteiger partial charge in [-0.25, -0.2) is 4.98 Å². The van der Waals surface area contributed by atoms with Gasteiger partial charge in [-0.3, -0.25) is 9.59 Å². The second-order valence-electron chi connectivity index (χ2n) is 3.52. The predicted octanol–water partition coefficient (Wildman–Crippen LogP) is 0.570. The summed E-state index contributed by atoms with van der Waals surface area (Å²) in [6, 6.07) is 0. The molecule has 82 valence electrons. The van der Waals surface area contributed by atoms with Gasteiger partial charge in [0.2, 0.25) is 5.91 Å². The van der Waals surface area contributed by atoms with E-state index < -0.39 is 17.3 Å². The number of carboxylic acid groups (broad SMARTS) is 1. The predicted molar refractivity (Wildman–Crippen MR) is 55.5 cm³/mol. The lowest BCUT2D eigenvalue weighted by molar-refractivity contribution is -0.153. The van der Waals surface area contributed by atoms with Crippen LogP contribution < -0.4 is 5.73 Å². The van der Waals surface area contributed by atoms with Gasteiger partial charge in [-0.1, -0.05) is 0 Å². The van der Waals surface area contributed by atoms with Gasteiger partial charge in [0.25, 0.3) is 0 Å². The highest BCUT2D eigenvalue weighted by molar-refractivity contribution is 7.11. The molecule has 0 saturated carbocycles. The maximum atomic E-state index is 11.1. The molecule has 1 rings (SSSR count). The standard InChI is InChI=1S/C9H12N2O3S/c1-5-11-4-6(15-5)3-9(2,7(10)12)8(13)14/h4H,3H2,1-2H3,(H2,10,12)(H,13,14). The summed E-state index contributed by atoms with van der Waals surface area (Å²) in [5.41, 5.74) is 3.53. The fraction of sp³-hybridized carbons (Fsp3) is 0.444. The van der Waals surface area contributed by atoms with Crippen LogP contribution in [0.4, 0.5) is 0 Å². The molecule has 0 bridgehead atoms. The number of carbonyl (C=O) groups is 2. The Hall–Kier alpha value is -1.43. The van der Waals surface area contributed by atoms with Gasteiger partial charge < -0.3 is 10.8 Å². The molecule has 0 aliphatic heterocycles. The average Bonchev–Trinajstić information content (AvgIpc) is 2.50. The minimum atomic E-state index is -1.56. The first kappa shape index (κ1) is 11.6. The molecule has 5 nitrogen and oxygen atoms in total. The number of primary amides is 1. The van der Waals surface area contributed by atoms with Crippen molar-refractivity contribution in [3.05, 3.63) is 16.1 Å². The van der Waals surface area contributed by atoms with Crippen LogP contribution in [0.25, 0.3) is 0 Å². The monoisotopic (exact) mass is 228 g/mol. The first-order valence-corrected chi connectivity index (χ1v) is 5.12. The first-order chi connectivity index (χ1) is 6.86. The van der Waals surface area contributed by atoms with Crippen LogP contribution in [0.15, 0.2) is 6.20 Å². The maximum Gasteiger partial charge on any atom is 0.319 e. The number of hydrogen-bond donors (Lipinski definition) is 2. The fourth-order valence-electron chi connectivity index (χ4n) is 1.10. The van der Waals surface area contributed by atoms with Crippen LogP contribution in [0.5, 0.6) is 0 Å². The molecule has 15 heavy (non-hydrogen) atoms. The van der Waals surface area contributed by atoms with E-state index in [1.165, 1.54) is 18.3 Å². The molecule has 0 aliphatic rings. The van der Waals surface area contributed by atoms with Crippen molar-refractivity contribution in [3.63, 3.8) is 0 Å². The van der Waals surface area contributed by atoms with Crippen LogP contribution in [0.1, 0.15) is 16.8 Å². The number of carboxylic acids is 1. The number of nitrogens with two attached hydrogens (primary N) is 1. The van der Waals surface area contributed by atoms with Crippen LogP contribution in [0, 0.1) is 12.3 Å². The molecule has 0 fully saturated rings. The van der Waals surface area contributed by atoms with Crippen LogP contribution in [-0.4, -0.2) is 22.0 Å². The van der Waals surface area contributed by atoms with E-state index in [1.807, 2.05) is 6.92 Å². The maximum absolute atomic E-state index is 11.1. The zero-order chi connectivity index (χ0) is 11.6. The molecule has 1 heterocycles. The second kappa shape index (κ2) is 3.98. The summed E-state index contributed by atoms with van der Waals surface area (Å²) in [6.07, 6.45) is 1.66. The zero-order valence-electron chi connectivity index (χ0n) is 8.48. The van der Waals surface area contributed by atoms with Gasteiger partial charge in [-0.2, -0.15) is 0 Å². The van der Waals surface area contributed by atoms with Crippen molar-refractivity contribution in [3.8, 4) is 0 Å². The quantitative estimate of drug-likeness (QED) is 0.737. The Labute approximate surface area is 90.9 Å². The molecule has 1 aromatic rings. The minimum Gasteiger partial charge on any atom is -0.480 e. The number of carbonyl (C=O) groups excluding carboxylic acids is 1. The first-order valence-electron chi connectivity index (χ1n) is 4.31. The van der Waals surface area contributed by atoms with E-state index in [4.69, 9.17) is 10.8 Å². The normalized spacial score (nSPS) is 14.5. The lowest BCUT2D eigenvalue weighted by Gasteiger charge is -2.19. The van der Waals surface area contributed by atoms with E-state index in [-0.39, 0.29) is 6.42 Å². The largest absolute Gasteiger partial charge is 0.480 e. The van der Waals surface area contributed by atoms with Crippen molar-refractivity contribution >= 4 is 23.2 Å². The summed E-state index contributed by atoms with van der Waals surface area (Å²) in [5.74, 6) is -2.04. The summed E-state index contributed by atoms with van der Waals surface area (Å²) in [6.45, 7) is 3.14. The van der Waals surface area contributed by atoms with E-state index in [0.717, 1.165) is 9.88 Å². The van der Waals surface area contributed by atoms with Crippen molar-refractivity contribution in [2.75, 3.05) is 0 Å². The topological polar surface area (TPSA) is 93.3 Å². The van der Waals surface area contributed by atoms with Crippen LogP contribution in [0.3, 0.4) is 0 Å². The molecular weight excluding hydrogens is 216 g/mol. The number of rotatable bonds is 4. The van der Waals surface area contributed by atoms with Gasteiger partial charge in [0, 0.05) is 17.5 Å². The van der Waals surface area contributed by atoms with Crippen molar-refractivity contribution in [2.24, 2.45) is 11.1 Å². The zero-order valence-corrected chi connectivity index (χ0v) is 9.30. The van der Waals surface area contributed by atoms with E-state index in [9.17, 15) is 9.59 Å². The third-order valence-electron chi connectivity index (χ3n) is 2.21. The number of aliphatic carboxylic acids is 1. The number of aryl methyl sites for hydroxylation is 1. The van der Waals surface area contributed by atoms with E-state index in [0.29, 0.717) is 0 Å². The molecule has 0 aromatic carbocycles. The van der Waals surface area contributed by atoms with Crippen molar-refractivity contribution in [1.82, 2.24) is 4.98 Å². The Bertz CT molecular complexity index is 386. The number of thiazole rings is 1. The SMILES string of the molecule is Cc1ncc(CC(C)(C(N)=O)C(=O)O)s1. The molecule has 0 spiro atoms. The fourth-order valence-corrected chi connectivity index (χ4v) is 2.05. The van der Waals surface area contributed by atoms with Gasteiger partial charge in [-0.05, 0) is 13.8 Å². The summed E-state index contributed by atoms with van der Waals surface area (Å²) in [7, 11) is 0. The molecule has 0 saturated heterocycles. The van der Waals surface area contributed by atoms with Gasteiger partial charge in [0.1, 0.15) is 5.41 Å². The van der Waals surface area contributed by atoms with Crippen molar-refractivity contribution < 1.29 is 14.7 Å². The van der Waals surface area contributed by atoms with E-state index in [1.54, 1.807) is 6.20 Å². The number of nitrogens with zero attached hydrogens (tertiary/aromatic N) is 1. The lowest BCUT2D eigenvalue weighted by Crippen LogP contribution is -2.42. The Morgan fingerprint density at radius 3 is 2.60 bits per heavy atom. The molecule has 1 aromatic heterocycles. The highest BCUT2D eigenvalue weighted by atomic mass is 32.1. The van der Waals surface area contributed by atoms with Crippen molar-refractivity contribution in [2.45, 2.75) is 20.3 Å². The molecular formula is C9H12N2O3S. The molecule has 1 atom stereocenters. The molecule has 1 amide bonds. The highest BCUT2D eigenvalue weighted by Crippen LogP contribution is 2.25. The van der Waals surface area contributed by atoms with Gasteiger partial charge in [0.15, 0.2) is 0 Å². The molecule has 6 heteroatoms. The van der Waals surface area contributed by atoms with Crippen molar-refractivity contribution in [1.29, 1.82) is 0 Å². The molecule has 1 unspecified atom stereocenters. The van der Waals surface area contributed by atoms with Gasteiger partial charge in [-0.15, -0.1) is 11.3 Å². The third kappa shape index (κ3) is 2.33. The summed E-state index contributed by atoms with van der Waals surface area (Å²) < 4.78 is 0. The average molecular weight is 228 g/mol. The number of aromatic nitrogens is 1. The van der Waals surface area contributed by atoms with E-state index in [2.05, 4.69) is 4.98 Å². The number of amides is 1. The van der Waals surface area contributed by atoms with E-state index >= 15 is 0 Å². The Kier molecular flexibility index (Phi) is 3.09. The molecule has 0 aliphatic carbocycles. The molecule has 0 radical (unpaired) electrons. The Morgan fingerprint density at radius 2 is 2.27 bits per heavy atom. The Morgan fingerprint density at radius 1 is 1.67 bits per heavy atom. The van der Waals surface area contributed by atoms with Crippen LogP contribution in [0.2, 0.25) is 0 Å². The van der Waals surface area contributed by atoms with Gasteiger partial charge >= 0.3 is 5.97 Å². The van der Waals surface area contributed by atoms with Gasteiger partial charge in [0.05, 0.1) is 5.01 Å². The van der Waals surface area contributed by atoms with Crippen LogP contribution >= 0.6 is 11.3 Å². The summed E-state index contributed by atoms with van der Waals surface area (Å²) >= 11 is 1.37. The second-order valence-corrected chi connectivity index (χ2v) is 4.84.